The van der Waals surface area contributed by atoms with Crippen LogP contribution in [0.1, 0.15) is 61.5 Å². The number of anilines is 1. The Morgan fingerprint density at radius 1 is 0.957 bits per heavy atom. The summed E-state index contributed by atoms with van der Waals surface area (Å²) in [5.41, 5.74) is 3.83. The van der Waals surface area contributed by atoms with Gasteiger partial charge in [0.2, 0.25) is 0 Å². The standard InChI is InChI=1S/C36H35F3N4O3/c37-30-18-26(42-17-5-16-36(38,39)22-42)13-11-24(30)20-43-33-15-14-27(46-21-25-12-10-23-6-1-4-9-31(23)40-25)19-32(33)41-34(43)28-7-2-3-8-29(28)35(44)45/h1,4,6,9-15,18-19,28-29H,2-3,5,7-8,16-17,20-22H2,(H,44,45)/t28-,29?/m1/s1. The quantitative estimate of drug-likeness (QED) is 0.188. The second kappa shape index (κ2) is 12.3. The van der Waals surface area contributed by atoms with E-state index in [2.05, 4.69) is 4.98 Å². The van der Waals surface area contributed by atoms with Crippen LogP contribution in [0.3, 0.4) is 0 Å². The number of aromatic nitrogens is 3. The van der Waals surface area contributed by atoms with Crippen molar-refractivity contribution in [1.82, 2.24) is 14.5 Å². The third-order valence-corrected chi connectivity index (χ3v) is 9.33. The van der Waals surface area contributed by atoms with Crippen molar-refractivity contribution in [3.8, 4) is 5.75 Å². The molecule has 46 heavy (non-hydrogen) atoms. The van der Waals surface area contributed by atoms with Gasteiger partial charge >= 0.3 is 5.97 Å². The number of halogens is 3. The Balaban J connectivity index is 1.20. The van der Waals surface area contributed by atoms with Crippen molar-refractivity contribution in [3.63, 3.8) is 0 Å². The van der Waals surface area contributed by atoms with E-state index in [9.17, 15) is 18.7 Å². The molecule has 3 heterocycles. The van der Waals surface area contributed by atoms with Crippen molar-refractivity contribution in [2.45, 2.75) is 63.5 Å². The number of benzene rings is 3. The first-order chi connectivity index (χ1) is 22.2. The smallest absolute Gasteiger partial charge is 0.307 e. The topological polar surface area (TPSA) is 80.5 Å². The number of piperidine rings is 1. The summed E-state index contributed by atoms with van der Waals surface area (Å²) in [6.07, 6.45) is 3.12. The van der Waals surface area contributed by atoms with Gasteiger partial charge in [-0.2, -0.15) is 0 Å². The van der Waals surface area contributed by atoms with E-state index in [1.807, 2.05) is 59.2 Å². The molecule has 3 aromatic carbocycles. The van der Waals surface area contributed by atoms with Gasteiger partial charge in [0.15, 0.2) is 0 Å². The number of rotatable bonds is 8. The predicted molar refractivity (Wildman–Crippen MR) is 170 cm³/mol. The number of alkyl halides is 2. The number of carboxylic acid groups (broad SMARTS) is 1. The minimum Gasteiger partial charge on any atom is -0.487 e. The Morgan fingerprint density at radius 2 is 1.80 bits per heavy atom. The van der Waals surface area contributed by atoms with Crippen molar-refractivity contribution < 1.29 is 27.8 Å². The molecule has 0 radical (unpaired) electrons. The molecule has 0 amide bonds. The number of imidazole rings is 1. The second-order valence-electron chi connectivity index (χ2n) is 12.5. The number of fused-ring (bicyclic) bond motifs is 2. The monoisotopic (exact) mass is 628 g/mol. The van der Waals surface area contributed by atoms with Crippen LogP contribution in [0.2, 0.25) is 0 Å². The van der Waals surface area contributed by atoms with Crippen LogP contribution in [0.4, 0.5) is 18.9 Å². The number of hydrogen-bond donors (Lipinski definition) is 1. The van der Waals surface area contributed by atoms with Gasteiger partial charge in [-0.25, -0.2) is 23.1 Å². The van der Waals surface area contributed by atoms with Crippen molar-refractivity contribution >= 4 is 33.6 Å². The lowest BCUT2D eigenvalue weighted by atomic mass is 9.78. The van der Waals surface area contributed by atoms with Crippen LogP contribution in [0.25, 0.3) is 21.9 Å². The highest BCUT2D eigenvalue weighted by Crippen LogP contribution is 2.40. The molecule has 238 valence electrons. The number of para-hydroxylation sites is 1. The van der Waals surface area contributed by atoms with E-state index in [4.69, 9.17) is 9.72 Å². The summed E-state index contributed by atoms with van der Waals surface area (Å²) in [5.74, 6) is -3.88. The maximum Gasteiger partial charge on any atom is 0.307 e. The maximum absolute atomic E-state index is 15.6. The van der Waals surface area contributed by atoms with E-state index in [0.29, 0.717) is 54.1 Å². The molecule has 1 N–H and O–H groups in total. The SMILES string of the molecule is O=C(O)C1CCCC[C@H]1c1nc2cc(OCc3ccc4ccccc4n3)ccc2n1Cc1ccc(N2CCCC(F)(F)C2)cc1F. The van der Waals surface area contributed by atoms with Gasteiger partial charge in [-0.1, -0.05) is 43.2 Å². The zero-order valence-electron chi connectivity index (χ0n) is 25.3. The molecule has 2 atom stereocenters. The van der Waals surface area contributed by atoms with E-state index in [1.165, 1.54) is 11.0 Å². The summed E-state index contributed by atoms with van der Waals surface area (Å²) in [6, 6.07) is 22.0. The highest BCUT2D eigenvalue weighted by molar-refractivity contribution is 5.79. The molecule has 1 aliphatic carbocycles. The van der Waals surface area contributed by atoms with Crippen LogP contribution in [0, 0.1) is 11.7 Å². The minimum atomic E-state index is -2.80. The molecule has 10 heteroatoms. The second-order valence-corrected chi connectivity index (χ2v) is 12.5. The summed E-state index contributed by atoms with van der Waals surface area (Å²) in [4.78, 5) is 23.4. The molecule has 7 rings (SSSR count). The van der Waals surface area contributed by atoms with Crippen LogP contribution < -0.4 is 9.64 Å². The molecular formula is C36H35F3N4O3. The fourth-order valence-electron chi connectivity index (χ4n) is 6.97. The Kier molecular flexibility index (Phi) is 8.04. The summed E-state index contributed by atoms with van der Waals surface area (Å²) < 4.78 is 51.7. The predicted octanol–water partition coefficient (Wildman–Crippen LogP) is 7.94. The Bertz CT molecular complexity index is 1910. The first kappa shape index (κ1) is 30.1. The van der Waals surface area contributed by atoms with E-state index in [0.717, 1.165) is 35.0 Å². The highest BCUT2D eigenvalue weighted by Gasteiger charge is 2.37. The average Bonchev–Trinajstić information content (AvgIpc) is 3.41. The van der Waals surface area contributed by atoms with E-state index < -0.39 is 30.2 Å². The molecule has 0 bridgehead atoms. The van der Waals surface area contributed by atoms with Crippen LogP contribution in [0.5, 0.6) is 5.75 Å². The minimum absolute atomic E-state index is 0.123. The molecule has 2 fully saturated rings. The largest absolute Gasteiger partial charge is 0.487 e. The van der Waals surface area contributed by atoms with Gasteiger partial charge in [0, 0.05) is 41.6 Å². The number of aliphatic carboxylic acids is 1. The summed E-state index contributed by atoms with van der Waals surface area (Å²) >= 11 is 0. The normalized spacial score (nSPS) is 19.8. The maximum atomic E-state index is 15.6. The molecule has 5 aromatic rings. The third kappa shape index (κ3) is 6.12. The van der Waals surface area contributed by atoms with Crippen molar-refractivity contribution in [2.24, 2.45) is 5.92 Å². The fraction of sp³-hybridized carbons (Fsp3) is 0.361. The fourth-order valence-corrected chi connectivity index (χ4v) is 6.97. The molecule has 7 nitrogen and oxygen atoms in total. The third-order valence-electron chi connectivity index (χ3n) is 9.33. The Hall–Kier alpha value is -4.60. The molecule has 1 saturated carbocycles. The summed E-state index contributed by atoms with van der Waals surface area (Å²) in [5, 5.41) is 11.1. The van der Waals surface area contributed by atoms with E-state index in [-0.39, 0.29) is 25.5 Å². The van der Waals surface area contributed by atoms with Gasteiger partial charge in [0.25, 0.3) is 5.92 Å². The number of ether oxygens (including phenoxy) is 1. The van der Waals surface area contributed by atoms with Gasteiger partial charge < -0.3 is 19.3 Å². The van der Waals surface area contributed by atoms with E-state index >= 15 is 4.39 Å². The number of pyridine rings is 1. The van der Waals surface area contributed by atoms with Gasteiger partial charge in [0.05, 0.1) is 41.3 Å². The van der Waals surface area contributed by atoms with E-state index in [1.54, 1.807) is 12.1 Å². The number of nitrogens with zero attached hydrogens (tertiary/aromatic N) is 4. The number of carboxylic acids is 1. The summed E-state index contributed by atoms with van der Waals surface area (Å²) in [7, 11) is 0. The Labute approximate surface area is 264 Å². The van der Waals surface area contributed by atoms with Gasteiger partial charge in [-0.3, -0.25) is 4.79 Å². The zero-order chi connectivity index (χ0) is 31.8. The van der Waals surface area contributed by atoms with Crippen LogP contribution in [-0.4, -0.2) is 44.6 Å². The lowest BCUT2D eigenvalue weighted by molar-refractivity contribution is -0.143. The van der Waals surface area contributed by atoms with Gasteiger partial charge in [0.1, 0.15) is 24.0 Å². The molecule has 1 aliphatic heterocycles. The zero-order valence-corrected chi connectivity index (χ0v) is 25.3. The average molecular weight is 629 g/mol. The first-order valence-corrected chi connectivity index (χ1v) is 15.9. The van der Waals surface area contributed by atoms with Crippen LogP contribution in [-0.2, 0) is 17.9 Å². The first-order valence-electron chi connectivity index (χ1n) is 15.9. The Morgan fingerprint density at radius 3 is 2.63 bits per heavy atom. The molecule has 0 spiro atoms. The summed E-state index contributed by atoms with van der Waals surface area (Å²) in [6.45, 7) is 0.401. The molecule has 2 aliphatic rings. The lowest BCUT2D eigenvalue weighted by Crippen LogP contribution is -2.42. The highest BCUT2D eigenvalue weighted by atomic mass is 19.3. The molecule has 1 unspecified atom stereocenters. The van der Waals surface area contributed by atoms with Crippen molar-refractivity contribution in [3.05, 3.63) is 95.7 Å². The molecular weight excluding hydrogens is 593 g/mol. The van der Waals surface area contributed by atoms with Crippen molar-refractivity contribution in [2.75, 3.05) is 18.0 Å². The van der Waals surface area contributed by atoms with Gasteiger partial charge in [-0.15, -0.1) is 0 Å². The van der Waals surface area contributed by atoms with Crippen LogP contribution in [0.15, 0.2) is 72.8 Å². The lowest BCUT2D eigenvalue weighted by Gasteiger charge is -2.34. The van der Waals surface area contributed by atoms with Crippen LogP contribution >= 0.6 is 0 Å². The van der Waals surface area contributed by atoms with Crippen molar-refractivity contribution in [1.29, 1.82) is 0 Å². The number of carbonyl (C=O) groups is 1. The molecule has 2 aromatic heterocycles. The van der Waals surface area contributed by atoms with Gasteiger partial charge in [-0.05, 0) is 55.7 Å². The molecule has 1 saturated heterocycles. The number of hydrogen-bond acceptors (Lipinski definition) is 5.